The minimum atomic E-state index is -0.883. The summed E-state index contributed by atoms with van der Waals surface area (Å²) >= 11 is 0. The zero-order valence-electron chi connectivity index (χ0n) is 14.2. The van der Waals surface area contributed by atoms with Crippen molar-refractivity contribution >= 4 is 11.9 Å². The first-order valence-corrected chi connectivity index (χ1v) is 8.37. The van der Waals surface area contributed by atoms with Gasteiger partial charge in [0.15, 0.2) is 11.8 Å². The zero-order chi connectivity index (χ0) is 17.8. The third-order valence-electron chi connectivity index (χ3n) is 4.20. The first-order valence-electron chi connectivity index (χ1n) is 8.37. The van der Waals surface area contributed by atoms with Crippen LogP contribution in [0.25, 0.3) is 5.69 Å². The normalized spacial score (nSPS) is 13.8. The van der Waals surface area contributed by atoms with E-state index in [1.165, 1.54) is 0 Å². The number of esters is 1. The Bertz CT molecular complexity index is 796. The number of hydrogen-bond donors (Lipinski definition) is 1. The van der Waals surface area contributed by atoms with E-state index < -0.39 is 12.1 Å². The predicted molar refractivity (Wildman–Crippen MR) is 93.7 cm³/mol. The Kier molecular flexibility index (Phi) is 4.97. The molecule has 0 saturated heterocycles. The SMILES string of the molecule is C=CCNC(=O)C(C)OC(=O)c1nn(-c2ccccc2)c2c1CCC2. The Labute approximate surface area is 146 Å². The fourth-order valence-corrected chi connectivity index (χ4v) is 2.97. The van der Waals surface area contributed by atoms with E-state index in [4.69, 9.17) is 4.74 Å². The summed E-state index contributed by atoms with van der Waals surface area (Å²) in [6.45, 7) is 5.41. The summed E-state index contributed by atoms with van der Waals surface area (Å²) in [5.41, 5.74) is 3.19. The Hall–Kier alpha value is -2.89. The maximum absolute atomic E-state index is 12.5. The summed E-state index contributed by atoms with van der Waals surface area (Å²) in [6.07, 6.45) is 3.34. The van der Waals surface area contributed by atoms with Crippen LogP contribution >= 0.6 is 0 Å². The number of para-hydroxylation sites is 1. The van der Waals surface area contributed by atoms with Gasteiger partial charge in [0.1, 0.15) is 0 Å². The summed E-state index contributed by atoms with van der Waals surface area (Å²) in [5, 5.41) is 7.08. The van der Waals surface area contributed by atoms with Crippen LogP contribution in [0.2, 0.25) is 0 Å². The molecule has 0 aliphatic heterocycles. The van der Waals surface area contributed by atoms with Crippen molar-refractivity contribution in [1.82, 2.24) is 15.1 Å². The largest absolute Gasteiger partial charge is 0.448 e. The molecule has 1 N–H and O–H groups in total. The van der Waals surface area contributed by atoms with Crippen molar-refractivity contribution in [3.63, 3.8) is 0 Å². The molecule has 1 amide bonds. The van der Waals surface area contributed by atoms with Gasteiger partial charge in [-0.2, -0.15) is 5.10 Å². The summed E-state index contributed by atoms with van der Waals surface area (Å²) in [4.78, 5) is 24.4. The van der Waals surface area contributed by atoms with E-state index >= 15 is 0 Å². The second-order valence-corrected chi connectivity index (χ2v) is 5.96. The molecule has 1 aromatic heterocycles. The summed E-state index contributed by atoms with van der Waals surface area (Å²) in [5.74, 6) is -0.915. The number of rotatable bonds is 6. The number of nitrogens with zero attached hydrogens (tertiary/aromatic N) is 2. The molecule has 2 aromatic rings. The van der Waals surface area contributed by atoms with E-state index in [1.807, 2.05) is 30.3 Å². The van der Waals surface area contributed by atoms with Gasteiger partial charge >= 0.3 is 5.97 Å². The van der Waals surface area contributed by atoms with Crippen LogP contribution in [0, 0.1) is 0 Å². The van der Waals surface area contributed by atoms with Gasteiger partial charge in [0.25, 0.3) is 5.91 Å². The van der Waals surface area contributed by atoms with Gasteiger partial charge in [0.2, 0.25) is 0 Å². The van der Waals surface area contributed by atoms with Crippen LogP contribution in [0.5, 0.6) is 0 Å². The number of amides is 1. The van der Waals surface area contributed by atoms with E-state index in [9.17, 15) is 9.59 Å². The topological polar surface area (TPSA) is 73.2 Å². The van der Waals surface area contributed by atoms with Crippen molar-refractivity contribution in [2.45, 2.75) is 32.3 Å². The number of ether oxygens (including phenoxy) is 1. The first kappa shape index (κ1) is 17.0. The second-order valence-electron chi connectivity index (χ2n) is 5.96. The lowest BCUT2D eigenvalue weighted by atomic mass is 10.2. The van der Waals surface area contributed by atoms with Gasteiger partial charge in [-0.25, -0.2) is 9.48 Å². The molecular weight excluding hydrogens is 318 g/mol. The number of aromatic nitrogens is 2. The zero-order valence-corrected chi connectivity index (χ0v) is 14.2. The highest BCUT2D eigenvalue weighted by Gasteiger charge is 2.29. The Balaban J connectivity index is 1.82. The van der Waals surface area contributed by atoms with Crippen LogP contribution in [0.1, 0.15) is 35.1 Å². The molecule has 6 heteroatoms. The van der Waals surface area contributed by atoms with Gasteiger partial charge in [-0.1, -0.05) is 24.3 Å². The van der Waals surface area contributed by atoms with Gasteiger partial charge in [-0.3, -0.25) is 4.79 Å². The smallest absolute Gasteiger partial charge is 0.359 e. The van der Waals surface area contributed by atoms with E-state index in [-0.39, 0.29) is 5.91 Å². The number of fused-ring (bicyclic) bond motifs is 1. The maximum Gasteiger partial charge on any atom is 0.359 e. The van der Waals surface area contributed by atoms with Gasteiger partial charge in [-0.05, 0) is 38.3 Å². The molecule has 130 valence electrons. The third kappa shape index (κ3) is 3.47. The average Bonchev–Trinajstić information content (AvgIpc) is 3.22. The first-order chi connectivity index (χ1) is 12.1. The molecule has 1 aliphatic carbocycles. The average molecular weight is 339 g/mol. The highest BCUT2D eigenvalue weighted by atomic mass is 16.5. The van der Waals surface area contributed by atoms with Crippen molar-refractivity contribution in [2.75, 3.05) is 6.54 Å². The molecule has 1 unspecified atom stereocenters. The Morgan fingerprint density at radius 3 is 2.84 bits per heavy atom. The molecule has 0 fully saturated rings. The lowest BCUT2D eigenvalue weighted by Crippen LogP contribution is -2.36. The minimum Gasteiger partial charge on any atom is -0.448 e. The van der Waals surface area contributed by atoms with Crippen LogP contribution in [0.3, 0.4) is 0 Å². The number of benzene rings is 1. The molecule has 0 spiro atoms. The number of carbonyl (C=O) groups is 2. The van der Waals surface area contributed by atoms with Gasteiger partial charge in [0, 0.05) is 17.8 Å². The molecule has 1 atom stereocenters. The van der Waals surface area contributed by atoms with Crippen LogP contribution in [0.4, 0.5) is 0 Å². The number of carbonyl (C=O) groups excluding carboxylic acids is 2. The van der Waals surface area contributed by atoms with Crippen molar-refractivity contribution in [1.29, 1.82) is 0 Å². The highest BCUT2D eigenvalue weighted by molar-refractivity contribution is 5.92. The van der Waals surface area contributed by atoms with Crippen molar-refractivity contribution in [3.05, 3.63) is 59.9 Å². The molecule has 0 bridgehead atoms. The Morgan fingerprint density at radius 2 is 2.12 bits per heavy atom. The van der Waals surface area contributed by atoms with Crippen molar-refractivity contribution < 1.29 is 14.3 Å². The minimum absolute atomic E-state index is 0.305. The van der Waals surface area contributed by atoms with Crippen LogP contribution in [-0.2, 0) is 22.4 Å². The quantitative estimate of drug-likeness (QED) is 0.647. The second kappa shape index (κ2) is 7.34. The van der Waals surface area contributed by atoms with Crippen molar-refractivity contribution in [3.8, 4) is 5.69 Å². The van der Waals surface area contributed by atoms with Gasteiger partial charge in [-0.15, -0.1) is 6.58 Å². The lowest BCUT2D eigenvalue weighted by molar-refractivity contribution is -0.128. The van der Waals surface area contributed by atoms with E-state index in [1.54, 1.807) is 17.7 Å². The Morgan fingerprint density at radius 1 is 1.36 bits per heavy atom. The van der Waals surface area contributed by atoms with Crippen LogP contribution in [0.15, 0.2) is 43.0 Å². The van der Waals surface area contributed by atoms with Crippen molar-refractivity contribution in [2.24, 2.45) is 0 Å². The molecule has 25 heavy (non-hydrogen) atoms. The fourth-order valence-electron chi connectivity index (χ4n) is 2.97. The van der Waals surface area contributed by atoms with Crippen LogP contribution < -0.4 is 5.32 Å². The van der Waals surface area contributed by atoms with Gasteiger partial charge in [0.05, 0.1) is 5.69 Å². The molecule has 0 radical (unpaired) electrons. The highest BCUT2D eigenvalue weighted by Crippen LogP contribution is 2.28. The summed E-state index contributed by atoms with van der Waals surface area (Å²) in [6, 6.07) is 9.70. The summed E-state index contributed by atoms with van der Waals surface area (Å²) < 4.78 is 7.12. The van der Waals surface area contributed by atoms with E-state index in [0.29, 0.717) is 12.2 Å². The molecule has 1 aromatic carbocycles. The maximum atomic E-state index is 12.5. The number of nitrogens with one attached hydrogen (secondary N) is 1. The monoisotopic (exact) mass is 339 g/mol. The third-order valence-corrected chi connectivity index (χ3v) is 4.20. The van der Waals surface area contributed by atoms with Gasteiger partial charge < -0.3 is 10.1 Å². The standard InChI is InChI=1S/C19H21N3O3/c1-3-12-20-18(23)13(2)25-19(24)17-15-10-7-11-16(15)22(21-17)14-8-5-4-6-9-14/h3-6,8-9,13H,1,7,10-12H2,2H3,(H,20,23). The lowest BCUT2D eigenvalue weighted by Gasteiger charge is -2.12. The molecule has 0 saturated carbocycles. The van der Waals surface area contributed by atoms with E-state index in [2.05, 4.69) is 17.0 Å². The molecular formula is C19H21N3O3. The molecule has 6 nitrogen and oxygen atoms in total. The van der Waals surface area contributed by atoms with Crippen LogP contribution in [-0.4, -0.2) is 34.3 Å². The molecule has 1 heterocycles. The number of hydrogen-bond acceptors (Lipinski definition) is 4. The summed E-state index contributed by atoms with van der Waals surface area (Å²) in [7, 11) is 0. The predicted octanol–water partition coefficient (Wildman–Crippen LogP) is 2.21. The fraction of sp³-hybridized carbons (Fsp3) is 0.316. The van der Waals surface area contributed by atoms with E-state index in [0.717, 1.165) is 36.2 Å². The molecule has 1 aliphatic rings. The molecule has 3 rings (SSSR count).